The van der Waals surface area contributed by atoms with Gasteiger partial charge in [0, 0.05) is 5.69 Å². The monoisotopic (exact) mass is 665 g/mol. The zero-order valence-electron chi connectivity index (χ0n) is 26.0. The molecule has 1 amide bonds. The first-order chi connectivity index (χ1) is 22.8. The molecule has 4 aromatic carbocycles. The number of ether oxygens (including phenoxy) is 3. The maximum absolute atomic E-state index is 14.1. The van der Waals surface area contributed by atoms with Gasteiger partial charge in [-0.25, -0.2) is 4.99 Å². The van der Waals surface area contributed by atoms with Crippen molar-refractivity contribution in [3.8, 4) is 17.2 Å². The van der Waals surface area contributed by atoms with Crippen LogP contribution in [-0.2, 0) is 4.79 Å². The molecule has 0 saturated carbocycles. The molecule has 1 aliphatic rings. The number of hydrogen-bond donors (Lipinski definition) is 1. The van der Waals surface area contributed by atoms with Crippen molar-refractivity contribution in [2.45, 2.75) is 19.9 Å². The average molecular weight is 666 g/mol. The van der Waals surface area contributed by atoms with Gasteiger partial charge in [-0.05, 0) is 67.4 Å². The molecule has 1 aliphatic heterocycles. The van der Waals surface area contributed by atoms with Gasteiger partial charge in [0.15, 0.2) is 16.3 Å². The van der Waals surface area contributed by atoms with Gasteiger partial charge in [-0.2, -0.15) is 0 Å². The Morgan fingerprint density at radius 2 is 1.64 bits per heavy atom. The lowest BCUT2D eigenvalue weighted by atomic mass is 9.95. The first kappa shape index (κ1) is 31.8. The molecule has 8 nitrogen and oxygen atoms in total. The number of halogens is 1. The van der Waals surface area contributed by atoms with E-state index in [1.165, 1.54) is 18.4 Å². The number of para-hydroxylation sites is 1. The summed E-state index contributed by atoms with van der Waals surface area (Å²) >= 11 is 7.91. The normalized spacial score (nSPS) is 14.3. The van der Waals surface area contributed by atoms with E-state index in [1.54, 1.807) is 29.7 Å². The third kappa shape index (κ3) is 7.01. The van der Waals surface area contributed by atoms with Crippen molar-refractivity contribution >= 4 is 40.6 Å². The smallest absolute Gasteiger partial charge is 0.271 e. The van der Waals surface area contributed by atoms with Crippen molar-refractivity contribution in [1.82, 2.24) is 4.57 Å². The molecule has 1 atom stereocenters. The number of carbonyl (C=O) groups is 1. The highest BCUT2D eigenvalue weighted by atomic mass is 35.5. The predicted molar refractivity (Wildman–Crippen MR) is 185 cm³/mol. The van der Waals surface area contributed by atoms with Gasteiger partial charge in [-0.1, -0.05) is 89.2 Å². The Labute approximate surface area is 280 Å². The maximum Gasteiger partial charge on any atom is 0.271 e. The van der Waals surface area contributed by atoms with Crippen molar-refractivity contribution in [1.29, 1.82) is 0 Å². The number of allylic oxidation sites excluding steroid dienone is 1. The lowest BCUT2D eigenvalue weighted by Gasteiger charge is -2.25. The molecular formula is C37H32ClN3O5S. The SMILES string of the molecule is COc1cc(/C=c2\sc3n(c2=O)C(c2ccccc2)C(C(=O)Nc2ccccc2)=C(C)N=3)cc(Cl)c1OCCOc1ccc(C)cc1. The van der Waals surface area contributed by atoms with Crippen LogP contribution in [0.2, 0.25) is 5.02 Å². The zero-order valence-corrected chi connectivity index (χ0v) is 27.6. The van der Waals surface area contributed by atoms with Crippen LogP contribution in [-0.4, -0.2) is 30.8 Å². The van der Waals surface area contributed by atoms with E-state index in [4.69, 9.17) is 30.8 Å². The van der Waals surface area contributed by atoms with Crippen molar-refractivity contribution in [3.05, 3.63) is 150 Å². The number of benzene rings is 4. The van der Waals surface area contributed by atoms with Crippen LogP contribution in [0.4, 0.5) is 5.69 Å². The topological polar surface area (TPSA) is 91.2 Å². The number of fused-ring (bicyclic) bond motifs is 1. The Morgan fingerprint density at radius 1 is 0.957 bits per heavy atom. The molecule has 1 N–H and O–H groups in total. The highest BCUT2D eigenvalue weighted by Crippen LogP contribution is 2.37. The zero-order chi connectivity index (χ0) is 32.9. The summed E-state index contributed by atoms with van der Waals surface area (Å²) < 4.78 is 19.3. The molecule has 5 aromatic rings. The Balaban J connectivity index is 1.31. The summed E-state index contributed by atoms with van der Waals surface area (Å²) in [6.07, 6.45) is 1.74. The molecule has 0 spiro atoms. The Kier molecular flexibility index (Phi) is 9.56. The van der Waals surface area contributed by atoms with Crippen LogP contribution in [0.1, 0.15) is 29.7 Å². The van der Waals surface area contributed by atoms with Crippen LogP contribution < -0.4 is 34.4 Å². The van der Waals surface area contributed by atoms with E-state index in [9.17, 15) is 9.59 Å². The van der Waals surface area contributed by atoms with Gasteiger partial charge in [0.1, 0.15) is 19.0 Å². The summed E-state index contributed by atoms with van der Waals surface area (Å²) in [7, 11) is 1.53. The molecule has 1 unspecified atom stereocenters. The quantitative estimate of drug-likeness (QED) is 0.177. The molecule has 0 saturated heterocycles. The van der Waals surface area contributed by atoms with Crippen LogP contribution in [0, 0.1) is 6.92 Å². The number of nitrogens with zero attached hydrogens (tertiary/aromatic N) is 2. The summed E-state index contributed by atoms with van der Waals surface area (Å²) in [4.78, 5) is 33.0. The molecule has 0 aliphatic carbocycles. The fourth-order valence-corrected chi connectivity index (χ4v) is 6.66. The lowest BCUT2D eigenvalue weighted by Crippen LogP contribution is -2.40. The highest BCUT2D eigenvalue weighted by Gasteiger charge is 2.32. The number of methoxy groups -OCH3 is 1. The Bertz CT molecular complexity index is 2130. The van der Waals surface area contributed by atoms with E-state index in [1.807, 2.05) is 91.9 Å². The molecule has 0 fully saturated rings. The third-order valence-electron chi connectivity index (χ3n) is 7.58. The van der Waals surface area contributed by atoms with E-state index in [2.05, 4.69) is 5.32 Å². The molecule has 47 heavy (non-hydrogen) atoms. The van der Waals surface area contributed by atoms with Crippen molar-refractivity contribution in [2.24, 2.45) is 4.99 Å². The number of nitrogens with one attached hydrogen (secondary N) is 1. The van der Waals surface area contributed by atoms with E-state index < -0.39 is 6.04 Å². The number of anilines is 1. The number of hydrogen-bond acceptors (Lipinski definition) is 7. The second-order valence-corrected chi connectivity index (χ2v) is 12.3. The molecule has 10 heteroatoms. The van der Waals surface area contributed by atoms with Gasteiger partial charge in [-0.3, -0.25) is 14.2 Å². The molecule has 0 bridgehead atoms. The lowest BCUT2D eigenvalue weighted by molar-refractivity contribution is -0.113. The fraction of sp³-hybridized carbons (Fsp3) is 0.162. The minimum absolute atomic E-state index is 0.251. The average Bonchev–Trinajstić information content (AvgIpc) is 3.38. The van der Waals surface area contributed by atoms with Crippen LogP contribution in [0.25, 0.3) is 6.08 Å². The number of thiazole rings is 1. The molecule has 0 radical (unpaired) electrons. The number of amides is 1. The predicted octanol–water partition coefficient (Wildman–Crippen LogP) is 6.30. The van der Waals surface area contributed by atoms with Gasteiger partial charge >= 0.3 is 0 Å². The van der Waals surface area contributed by atoms with Crippen LogP contribution in [0.15, 0.2) is 118 Å². The molecular weight excluding hydrogens is 634 g/mol. The highest BCUT2D eigenvalue weighted by molar-refractivity contribution is 7.07. The molecule has 2 heterocycles. The second-order valence-electron chi connectivity index (χ2n) is 10.9. The third-order valence-corrected chi connectivity index (χ3v) is 8.85. The van der Waals surface area contributed by atoms with Gasteiger partial charge in [0.05, 0.1) is 34.0 Å². The van der Waals surface area contributed by atoms with Crippen molar-refractivity contribution < 1.29 is 19.0 Å². The number of aryl methyl sites for hydroxylation is 1. The second kappa shape index (κ2) is 14.1. The van der Waals surface area contributed by atoms with E-state index in [-0.39, 0.29) is 18.1 Å². The van der Waals surface area contributed by atoms with Gasteiger partial charge < -0.3 is 19.5 Å². The van der Waals surface area contributed by atoms with Gasteiger partial charge in [0.25, 0.3) is 11.5 Å². The minimum Gasteiger partial charge on any atom is -0.493 e. The van der Waals surface area contributed by atoms with Crippen LogP contribution in [0.3, 0.4) is 0 Å². The standard InChI is InChI=1S/C37H32ClN3O5S/c1-23-14-16-28(17-15-23)45-18-19-46-34-29(38)20-25(21-30(34)44-3)22-31-36(43)41-33(26-10-6-4-7-11-26)32(24(2)39-37(41)47-31)35(42)40-27-12-8-5-9-13-27/h4-17,20-22,33H,18-19H2,1-3H3,(H,40,42)/b31-22-. The van der Waals surface area contributed by atoms with Gasteiger partial charge in [-0.15, -0.1) is 0 Å². The van der Waals surface area contributed by atoms with E-state index >= 15 is 0 Å². The minimum atomic E-state index is -0.672. The largest absolute Gasteiger partial charge is 0.493 e. The first-order valence-electron chi connectivity index (χ1n) is 15.0. The molecule has 6 rings (SSSR count). The van der Waals surface area contributed by atoms with E-state index in [0.717, 1.165) is 16.9 Å². The molecule has 1 aromatic heterocycles. The summed E-state index contributed by atoms with van der Waals surface area (Å²) in [5.41, 5.74) is 3.91. The summed E-state index contributed by atoms with van der Waals surface area (Å²) in [5.74, 6) is 1.23. The van der Waals surface area contributed by atoms with Crippen LogP contribution >= 0.6 is 22.9 Å². The van der Waals surface area contributed by atoms with Crippen LogP contribution in [0.5, 0.6) is 17.2 Å². The Morgan fingerprint density at radius 3 is 2.34 bits per heavy atom. The summed E-state index contributed by atoms with van der Waals surface area (Å²) in [6.45, 7) is 4.38. The first-order valence-corrected chi connectivity index (χ1v) is 16.2. The van der Waals surface area contributed by atoms with E-state index in [0.29, 0.717) is 55.0 Å². The van der Waals surface area contributed by atoms with Crippen molar-refractivity contribution in [2.75, 3.05) is 25.6 Å². The fourth-order valence-electron chi connectivity index (χ4n) is 5.33. The number of rotatable bonds is 10. The van der Waals surface area contributed by atoms with Crippen molar-refractivity contribution in [3.63, 3.8) is 0 Å². The number of carbonyl (C=O) groups excluding carboxylic acids is 1. The Hall–Kier alpha value is -5.12. The van der Waals surface area contributed by atoms with Gasteiger partial charge in [0.2, 0.25) is 0 Å². The summed E-state index contributed by atoms with van der Waals surface area (Å²) in [6, 6.07) is 29.3. The summed E-state index contributed by atoms with van der Waals surface area (Å²) in [5, 5.41) is 3.30. The maximum atomic E-state index is 14.1. The number of aromatic nitrogens is 1. The molecule has 238 valence electrons.